The first-order valence-corrected chi connectivity index (χ1v) is 12.7. The van der Waals surface area contributed by atoms with Crippen molar-refractivity contribution >= 4 is 5.97 Å². The molecule has 4 atom stereocenters. The third kappa shape index (κ3) is 3.95. The molecule has 178 valence electrons. The summed E-state index contributed by atoms with van der Waals surface area (Å²) in [5, 5.41) is 0. The lowest BCUT2D eigenvalue weighted by Crippen LogP contribution is -2.49. The van der Waals surface area contributed by atoms with Gasteiger partial charge in [0.05, 0.1) is 5.92 Å². The van der Waals surface area contributed by atoms with Crippen LogP contribution >= 0.6 is 0 Å². The van der Waals surface area contributed by atoms with E-state index in [9.17, 15) is 4.79 Å². The van der Waals surface area contributed by atoms with Crippen LogP contribution in [0.25, 0.3) is 0 Å². The maximum Gasteiger partial charge on any atom is 0.310 e. The van der Waals surface area contributed by atoms with Gasteiger partial charge in [0.2, 0.25) is 6.79 Å². The van der Waals surface area contributed by atoms with Gasteiger partial charge in [0.15, 0.2) is 11.5 Å². The van der Waals surface area contributed by atoms with E-state index in [2.05, 4.69) is 35.8 Å². The molecule has 0 bridgehead atoms. The summed E-state index contributed by atoms with van der Waals surface area (Å²) in [6, 6.07) is 6.24. The zero-order valence-electron chi connectivity index (χ0n) is 20.0. The molecule has 0 N–H and O–H groups in total. The number of piperazine rings is 1. The predicted molar refractivity (Wildman–Crippen MR) is 125 cm³/mol. The zero-order chi connectivity index (χ0) is 22.6. The Morgan fingerprint density at radius 2 is 1.88 bits per heavy atom. The largest absolute Gasteiger partial charge is 0.462 e. The monoisotopic (exact) mass is 452 g/mol. The van der Waals surface area contributed by atoms with Crippen molar-refractivity contribution in [2.24, 2.45) is 17.3 Å². The van der Waals surface area contributed by atoms with Gasteiger partial charge < -0.3 is 14.2 Å². The van der Waals surface area contributed by atoms with Gasteiger partial charge >= 0.3 is 5.97 Å². The molecule has 1 saturated carbocycles. The number of carbonyl (C=O) groups is 1. The number of carbonyl (C=O) groups excluding carboxylic acids is 1. The molecule has 2 saturated heterocycles. The number of nitrogens with zero attached hydrogens (tertiary/aromatic N) is 2. The van der Waals surface area contributed by atoms with Crippen LogP contribution < -0.4 is 9.47 Å². The Labute approximate surface area is 196 Å². The first kappa shape index (κ1) is 21.5. The lowest BCUT2D eigenvalue weighted by molar-refractivity contribution is -0.145. The average Bonchev–Trinajstić information content (AvgIpc) is 3.37. The molecule has 0 radical (unpaired) electrons. The highest BCUT2D eigenvalue weighted by Crippen LogP contribution is 2.55. The summed E-state index contributed by atoms with van der Waals surface area (Å²) in [5.41, 5.74) is 4.74. The van der Waals surface area contributed by atoms with Crippen LogP contribution in [0.3, 0.4) is 0 Å². The predicted octanol–water partition coefficient (Wildman–Crippen LogP) is 3.99. The van der Waals surface area contributed by atoms with Crippen LogP contribution in [0.2, 0.25) is 0 Å². The van der Waals surface area contributed by atoms with E-state index >= 15 is 0 Å². The normalized spacial score (nSPS) is 34.2. The smallest absolute Gasteiger partial charge is 0.310 e. The summed E-state index contributed by atoms with van der Waals surface area (Å²) in [7, 11) is 0. The van der Waals surface area contributed by atoms with Crippen LogP contribution in [0, 0.1) is 17.3 Å². The highest BCUT2D eigenvalue weighted by atomic mass is 16.7. The molecule has 0 unspecified atom stereocenters. The zero-order valence-corrected chi connectivity index (χ0v) is 20.0. The van der Waals surface area contributed by atoms with E-state index < -0.39 is 0 Å². The molecule has 3 heterocycles. The number of rotatable bonds is 4. The van der Waals surface area contributed by atoms with E-state index in [-0.39, 0.29) is 23.4 Å². The Hall–Kier alpha value is -2.05. The second kappa shape index (κ2) is 8.31. The van der Waals surface area contributed by atoms with Crippen LogP contribution in [-0.2, 0) is 16.1 Å². The molecule has 6 heteroatoms. The second-order valence-electron chi connectivity index (χ2n) is 11.1. The molecule has 3 aliphatic heterocycles. The summed E-state index contributed by atoms with van der Waals surface area (Å²) >= 11 is 0. The van der Waals surface area contributed by atoms with Gasteiger partial charge in [-0.1, -0.05) is 24.1 Å². The van der Waals surface area contributed by atoms with Gasteiger partial charge in [0.25, 0.3) is 0 Å². The third-order valence-electron chi connectivity index (χ3n) is 8.94. The van der Waals surface area contributed by atoms with Crippen LogP contribution in [0.15, 0.2) is 29.3 Å². The van der Waals surface area contributed by atoms with Crippen LogP contribution in [-0.4, -0.2) is 61.4 Å². The molecule has 5 aliphatic rings. The highest BCUT2D eigenvalue weighted by molar-refractivity contribution is 5.76. The quantitative estimate of drug-likeness (QED) is 0.509. The molecule has 0 spiro atoms. The Bertz CT molecular complexity index is 967. The second-order valence-corrected chi connectivity index (χ2v) is 11.1. The van der Waals surface area contributed by atoms with E-state index in [1.54, 1.807) is 11.1 Å². The molecular weight excluding hydrogens is 416 g/mol. The van der Waals surface area contributed by atoms with Gasteiger partial charge in [-0.3, -0.25) is 14.6 Å². The molecule has 6 rings (SSSR count). The lowest BCUT2D eigenvalue weighted by Gasteiger charge is -2.46. The molecule has 0 aromatic heterocycles. The van der Waals surface area contributed by atoms with E-state index in [0.29, 0.717) is 12.7 Å². The fraction of sp³-hybridized carbons (Fsp3) is 0.667. The number of ether oxygens (including phenoxy) is 3. The maximum atomic E-state index is 12.9. The summed E-state index contributed by atoms with van der Waals surface area (Å²) in [6.45, 7) is 10.9. The van der Waals surface area contributed by atoms with Crippen molar-refractivity contribution in [2.45, 2.75) is 58.6 Å². The van der Waals surface area contributed by atoms with E-state index in [1.807, 2.05) is 6.07 Å². The fourth-order valence-corrected chi connectivity index (χ4v) is 7.03. The molecule has 1 aromatic carbocycles. The van der Waals surface area contributed by atoms with Crippen molar-refractivity contribution in [3.8, 4) is 11.5 Å². The Balaban J connectivity index is 1.06. The molecule has 33 heavy (non-hydrogen) atoms. The Kier molecular flexibility index (Phi) is 5.41. The minimum atomic E-state index is 0.0298. The Morgan fingerprint density at radius 1 is 1.09 bits per heavy atom. The number of benzene rings is 1. The lowest BCUT2D eigenvalue weighted by atomic mass is 9.59. The molecule has 0 amide bonds. The average molecular weight is 453 g/mol. The molecular formula is C27H36N2O4. The topological polar surface area (TPSA) is 51.2 Å². The van der Waals surface area contributed by atoms with Gasteiger partial charge in [-0.05, 0) is 62.1 Å². The van der Waals surface area contributed by atoms with Crippen molar-refractivity contribution in [1.29, 1.82) is 0 Å². The van der Waals surface area contributed by atoms with Crippen LogP contribution in [0.1, 0.15) is 51.5 Å². The van der Waals surface area contributed by atoms with Gasteiger partial charge in [-0.2, -0.15) is 0 Å². The number of hydrogen-bond acceptors (Lipinski definition) is 6. The van der Waals surface area contributed by atoms with Crippen molar-refractivity contribution in [3.05, 3.63) is 34.9 Å². The fourth-order valence-electron chi connectivity index (χ4n) is 7.03. The third-order valence-corrected chi connectivity index (χ3v) is 8.94. The molecule has 6 nitrogen and oxygen atoms in total. The van der Waals surface area contributed by atoms with Crippen molar-refractivity contribution in [1.82, 2.24) is 9.80 Å². The van der Waals surface area contributed by atoms with Crippen molar-refractivity contribution in [2.75, 3.05) is 39.5 Å². The molecule has 1 aromatic rings. The van der Waals surface area contributed by atoms with Crippen molar-refractivity contribution in [3.63, 3.8) is 0 Å². The first-order valence-electron chi connectivity index (χ1n) is 12.7. The van der Waals surface area contributed by atoms with Gasteiger partial charge in [-0.25, -0.2) is 0 Å². The van der Waals surface area contributed by atoms with Gasteiger partial charge in [0.1, 0.15) is 6.10 Å². The standard InChI is InChI=1S/C27H36N2O4/c1-18-4-3-7-27(2)14-25-20(13-22(18)27)21(26(30)33-25)16-29-10-8-28(9-11-29)15-19-5-6-23-24(12-19)32-17-31-23/h5-6,12,20-21,25H,3-4,7-11,13-17H2,1-2H3/t20-,21-,25+,27+/m0/s1. The number of hydrogen-bond donors (Lipinski definition) is 0. The van der Waals surface area contributed by atoms with Crippen LogP contribution in [0.5, 0.6) is 11.5 Å². The van der Waals surface area contributed by atoms with Gasteiger partial charge in [-0.15, -0.1) is 0 Å². The van der Waals surface area contributed by atoms with E-state index in [1.165, 1.54) is 24.8 Å². The number of allylic oxidation sites excluding steroid dienone is 2. The highest BCUT2D eigenvalue weighted by Gasteiger charge is 2.53. The molecule has 2 aliphatic carbocycles. The number of esters is 1. The van der Waals surface area contributed by atoms with E-state index in [0.717, 1.165) is 63.6 Å². The maximum absolute atomic E-state index is 12.9. The summed E-state index contributed by atoms with van der Waals surface area (Å²) in [6.07, 6.45) is 5.96. The SMILES string of the molecule is CC1=C2C[C@H]3[C@H](CN4CCN(Cc5ccc6c(c5)OCO6)CC4)C(=O)O[C@@H]3C[C@@]2(C)CCC1. The number of fused-ring (bicyclic) bond motifs is 3. The summed E-state index contributed by atoms with van der Waals surface area (Å²) in [5.74, 6) is 2.13. The minimum absolute atomic E-state index is 0.0298. The minimum Gasteiger partial charge on any atom is -0.462 e. The van der Waals surface area contributed by atoms with Gasteiger partial charge in [0, 0.05) is 45.2 Å². The Morgan fingerprint density at radius 3 is 2.73 bits per heavy atom. The summed E-state index contributed by atoms with van der Waals surface area (Å²) in [4.78, 5) is 17.9. The van der Waals surface area contributed by atoms with Crippen molar-refractivity contribution < 1.29 is 19.0 Å². The molecule has 3 fully saturated rings. The van der Waals surface area contributed by atoms with Crippen LogP contribution in [0.4, 0.5) is 0 Å². The van der Waals surface area contributed by atoms with E-state index in [4.69, 9.17) is 14.2 Å². The summed E-state index contributed by atoms with van der Waals surface area (Å²) < 4.78 is 16.9. The first-order chi connectivity index (χ1) is 16.0.